The second kappa shape index (κ2) is 7.04. The van der Waals surface area contributed by atoms with E-state index >= 15 is 0 Å². The number of carbonyl (C=O) groups excluding carboxylic acids is 1. The molecule has 2 N–H and O–H groups in total. The number of rotatable bonds is 4. The van der Waals surface area contributed by atoms with Crippen LogP contribution in [0.2, 0.25) is 0 Å². The zero-order chi connectivity index (χ0) is 17.9. The van der Waals surface area contributed by atoms with Crippen LogP contribution in [0.4, 0.5) is 5.69 Å². The predicted molar refractivity (Wildman–Crippen MR) is 95.7 cm³/mol. The number of tetrazole rings is 1. The zero-order valence-corrected chi connectivity index (χ0v) is 14.5. The van der Waals surface area contributed by atoms with E-state index in [0.717, 1.165) is 37.4 Å². The third-order valence-electron chi connectivity index (χ3n) is 4.26. The average Bonchev–Trinajstić information content (AvgIpc) is 3.24. The molecule has 0 aliphatic carbocycles. The molecule has 0 bridgehead atoms. The summed E-state index contributed by atoms with van der Waals surface area (Å²) in [6.07, 6.45) is 2.64. The van der Waals surface area contributed by atoms with Crippen LogP contribution >= 0.6 is 0 Å². The SMILES string of the molecule is CCn1nnc(-c2cccc(NC(=O)c3cn4c(n3)CCNCC4)c2)n1. The van der Waals surface area contributed by atoms with Gasteiger partial charge >= 0.3 is 0 Å². The highest BCUT2D eigenvalue weighted by Gasteiger charge is 2.16. The van der Waals surface area contributed by atoms with Crippen molar-refractivity contribution in [1.29, 1.82) is 0 Å². The number of hydrogen-bond donors (Lipinski definition) is 2. The lowest BCUT2D eigenvalue weighted by atomic mass is 10.2. The molecule has 3 aromatic rings. The maximum absolute atomic E-state index is 12.6. The summed E-state index contributed by atoms with van der Waals surface area (Å²) < 4.78 is 2.04. The maximum atomic E-state index is 12.6. The number of amides is 1. The second-order valence-electron chi connectivity index (χ2n) is 6.07. The molecule has 0 atom stereocenters. The summed E-state index contributed by atoms with van der Waals surface area (Å²) in [4.78, 5) is 18.6. The molecule has 1 amide bonds. The molecular weight excluding hydrogens is 332 g/mol. The largest absolute Gasteiger partial charge is 0.333 e. The fourth-order valence-electron chi connectivity index (χ4n) is 2.91. The number of aromatic nitrogens is 6. The van der Waals surface area contributed by atoms with E-state index in [9.17, 15) is 4.79 Å². The van der Waals surface area contributed by atoms with Gasteiger partial charge in [-0.25, -0.2) is 4.98 Å². The molecule has 134 valence electrons. The summed E-state index contributed by atoms with van der Waals surface area (Å²) in [5.41, 5.74) is 1.90. The Bertz CT molecular complexity index is 905. The number of benzene rings is 1. The van der Waals surface area contributed by atoms with Crippen LogP contribution in [0.15, 0.2) is 30.5 Å². The number of nitrogens with one attached hydrogen (secondary N) is 2. The molecule has 0 fully saturated rings. The minimum Gasteiger partial charge on any atom is -0.333 e. The van der Waals surface area contributed by atoms with Crippen LogP contribution in [0.1, 0.15) is 23.2 Å². The van der Waals surface area contributed by atoms with Gasteiger partial charge in [0.1, 0.15) is 11.5 Å². The fraction of sp³-hybridized carbons (Fsp3) is 0.353. The quantitative estimate of drug-likeness (QED) is 0.725. The summed E-state index contributed by atoms with van der Waals surface area (Å²) >= 11 is 0. The van der Waals surface area contributed by atoms with Crippen LogP contribution in [0.3, 0.4) is 0 Å². The van der Waals surface area contributed by atoms with E-state index in [1.807, 2.05) is 42.0 Å². The Balaban J connectivity index is 1.52. The van der Waals surface area contributed by atoms with Crippen molar-refractivity contribution in [3.05, 3.63) is 42.0 Å². The summed E-state index contributed by atoms with van der Waals surface area (Å²) in [5.74, 6) is 1.25. The first-order chi connectivity index (χ1) is 12.7. The third kappa shape index (κ3) is 3.33. The molecule has 0 saturated heterocycles. The number of carbonyl (C=O) groups is 1. The molecule has 0 unspecified atom stereocenters. The van der Waals surface area contributed by atoms with Crippen molar-refractivity contribution in [2.45, 2.75) is 26.4 Å². The highest BCUT2D eigenvalue weighted by molar-refractivity contribution is 6.03. The molecular formula is C17H20N8O. The fourth-order valence-corrected chi connectivity index (χ4v) is 2.91. The number of nitrogens with zero attached hydrogens (tertiary/aromatic N) is 6. The lowest BCUT2D eigenvalue weighted by Crippen LogP contribution is -2.18. The Morgan fingerprint density at radius 3 is 3.12 bits per heavy atom. The first-order valence-corrected chi connectivity index (χ1v) is 8.69. The summed E-state index contributed by atoms with van der Waals surface area (Å²) in [6, 6.07) is 7.40. The summed E-state index contributed by atoms with van der Waals surface area (Å²) in [5, 5.41) is 18.5. The van der Waals surface area contributed by atoms with Crippen molar-refractivity contribution in [3.63, 3.8) is 0 Å². The van der Waals surface area contributed by atoms with E-state index in [4.69, 9.17) is 0 Å². The van der Waals surface area contributed by atoms with E-state index in [0.29, 0.717) is 23.8 Å². The van der Waals surface area contributed by atoms with Gasteiger partial charge in [0.15, 0.2) is 0 Å². The van der Waals surface area contributed by atoms with Gasteiger partial charge in [0.25, 0.3) is 5.91 Å². The number of hydrogen-bond acceptors (Lipinski definition) is 6. The molecule has 0 spiro atoms. The predicted octanol–water partition coefficient (Wildman–Crippen LogP) is 0.954. The van der Waals surface area contributed by atoms with Gasteiger partial charge < -0.3 is 15.2 Å². The van der Waals surface area contributed by atoms with Crippen molar-refractivity contribution in [2.24, 2.45) is 0 Å². The first kappa shape index (κ1) is 16.4. The normalized spacial score (nSPS) is 13.9. The topological polar surface area (TPSA) is 103 Å². The molecule has 0 radical (unpaired) electrons. The zero-order valence-electron chi connectivity index (χ0n) is 14.5. The van der Waals surface area contributed by atoms with Crippen LogP contribution < -0.4 is 10.6 Å². The first-order valence-electron chi connectivity index (χ1n) is 8.69. The van der Waals surface area contributed by atoms with Crippen LogP contribution in [0, 0.1) is 0 Å². The molecule has 9 heteroatoms. The van der Waals surface area contributed by atoms with Gasteiger partial charge in [-0.3, -0.25) is 4.79 Å². The average molecular weight is 352 g/mol. The van der Waals surface area contributed by atoms with Gasteiger partial charge in [-0.15, -0.1) is 10.2 Å². The number of imidazole rings is 1. The van der Waals surface area contributed by atoms with Crippen molar-refractivity contribution in [2.75, 3.05) is 18.4 Å². The van der Waals surface area contributed by atoms with E-state index in [1.165, 1.54) is 4.80 Å². The van der Waals surface area contributed by atoms with Crippen molar-refractivity contribution < 1.29 is 4.79 Å². The standard InChI is InChI=1S/C17H20N8O/c1-2-25-22-16(21-23-25)12-4-3-5-13(10-12)19-17(26)14-11-24-9-8-18-7-6-15(24)20-14/h3-5,10-11,18H,2,6-9H2,1H3,(H,19,26). The van der Waals surface area contributed by atoms with Crippen LogP contribution in [0.25, 0.3) is 11.4 Å². The van der Waals surface area contributed by atoms with Crippen LogP contribution in [-0.4, -0.2) is 48.8 Å². The second-order valence-corrected chi connectivity index (χ2v) is 6.07. The molecule has 0 saturated carbocycles. The van der Waals surface area contributed by atoms with Gasteiger partial charge in [0.05, 0.1) is 6.54 Å². The monoisotopic (exact) mass is 352 g/mol. The van der Waals surface area contributed by atoms with Gasteiger partial charge in [-0.2, -0.15) is 4.80 Å². The van der Waals surface area contributed by atoms with Crippen LogP contribution in [-0.2, 0) is 19.5 Å². The minimum absolute atomic E-state index is 0.221. The third-order valence-corrected chi connectivity index (χ3v) is 4.26. The van der Waals surface area contributed by atoms with Gasteiger partial charge in [0.2, 0.25) is 5.82 Å². The van der Waals surface area contributed by atoms with Crippen molar-refractivity contribution in [3.8, 4) is 11.4 Å². The van der Waals surface area contributed by atoms with E-state index in [2.05, 4.69) is 31.0 Å². The van der Waals surface area contributed by atoms with Crippen molar-refractivity contribution >= 4 is 11.6 Å². The Morgan fingerprint density at radius 2 is 2.27 bits per heavy atom. The smallest absolute Gasteiger partial charge is 0.275 e. The van der Waals surface area contributed by atoms with Gasteiger partial charge in [-0.1, -0.05) is 12.1 Å². The number of anilines is 1. The molecule has 3 heterocycles. The molecule has 1 aromatic carbocycles. The van der Waals surface area contributed by atoms with Crippen molar-refractivity contribution in [1.82, 2.24) is 35.1 Å². The van der Waals surface area contributed by atoms with Crippen LogP contribution in [0.5, 0.6) is 0 Å². The molecule has 1 aliphatic rings. The summed E-state index contributed by atoms with van der Waals surface area (Å²) in [6.45, 7) is 5.20. The molecule has 4 rings (SSSR count). The Hall–Kier alpha value is -3.07. The minimum atomic E-state index is -0.221. The van der Waals surface area contributed by atoms with E-state index < -0.39 is 0 Å². The molecule has 2 aromatic heterocycles. The number of fused-ring (bicyclic) bond motifs is 1. The molecule has 1 aliphatic heterocycles. The molecule has 9 nitrogen and oxygen atoms in total. The van der Waals surface area contributed by atoms with E-state index in [-0.39, 0.29) is 5.91 Å². The lowest BCUT2D eigenvalue weighted by Gasteiger charge is -2.04. The Kier molecular flexibility index (Phi) is 4.44. The Morgan fingerprint density at radius 1 is 1.35 bits per heavy atom. The van der Waals surface area contributed by atoms with Gasteiger partial charge in [-0.05, 0) is 24.3 Å². The maximum Gasteiger partial charge on any atom is 0.275 e. The van der Waals surface area contributed by atoms with Gasteiger partial charge in [0, 0.05) is 43.5 Å². The summed E-state index contributed by atoms with van der Waals surface area (Å²) in [7, 11) is 0. The highest BCUT2D eigenvalue weighted by Crippen LogP contribution is 2.19. The highest BCUT2D eigenvalue weighted by atomic mass is 16.1. The molecule has 26 heavy (non-hydrogen) atoms. The lowest BCUT2D eigenvalue weighted by molar-refractivity contribution is 0.102. The number of aryl methyl sites for hydroxylation is 1. The van der Waals surface area contributed by atoms with E-state index in [1.54, 1.807) is 0 Å². The Labute approximate surface area is 150 Å².